The highest BCUT2D eigenvalue weighted by molar-refractivity contribution is 5.80. The average molecular weight is 312 g/mol. The van der Waals surface area contributed by atoms with Gasteiger partial charge in [-0.2, -0.15) is 0 Å². The molecule has 2 N–H and O–H groups in total. The number of hydrogen-bond donors (Lipinski definition) is 2. The normalized spacial score (nSPS) is 11.3. The van der Waals surface area contributed by atoms with Crippen LogP contribution in [0.4, 0.5) is 0 Å². The minimum Gasteiger partial charge on any atom is -0.337 e. The standard InChI is InChI=1S/C18H12N6/c1-2-12(18-22-14-6-8-20-10-16(14)24-18)4-3-11(1)17-21-13-5-7-19-9-15(13)23-17/h1-10H,(H,21,23)(H,22,24). The van der Waals surface area contributed by atoms with Crippen molar-refractivity contribution in [3.8, 4) is 22.8 Å². The predicted octanol–water partition coefficient (Wildman–Crippen LogP) is 3.56. The summed E-state index contributed by atoms with van der Waals surface area (Å²) in [5, 5.41) is 0. The van der Waals surface area contributed by atoms with Crippen molar-refractivity contribution < 1.29 is 0 Å². The minimum atomic E-state index is 0.832. The van der Waals surface area contributed by atoms with Gasteiger partial charge in [0.15, 0.2) is 0 Å². The number of aromatic nitrogens is 6. The number of pyridine rings is 2. The van der Waals surface area contributed by atoms with Crippen molar-refractivity contribution >= 4 is 22.1 Å². The van der Waals surface area contributed by atoms with Gasteiger partial charge in [0.2, 0.25) is 0 Å². The second-order valence-corrected chi connectivity index (χ2v) is 5.53. The molecule has 0 fully saturated rings. The van der Waals surface area contributed by atoms with Crippen molar-refractivity contribution in [3.05, 3.63) is 61.2 Å². The number of hydrogen-bond acceptors (Lipinski definition) is 4. The van der Waals surface area contributed by atoms with Crippen LogP contribution in [0.15, 0.2) is 61.2 Å². The van der Waals surface area contributed by atoms with E-state index in [2.05, 4.69) is 29.9 Å². The zero-order valence-electron chi connectivity index (χ0n) is 12.6. The molecule has 4 aromatic heterocycles. The Kier molecular flexibility index (Phi) is 2.69. The van der Waals surface area contributed by atoms with E-state index in [1.54, 1.807) is 24.8 Å². The lowest BCUT2D eigenvalue weighted by molar-refractivity contribution is 1.31. The SMILES string of the molecule is c1cc2nc(-c3ccc(-c4nc5ccncc5[nH]4)cc3)[nH]c2cn1. The van der Waals surface area contributed by atoms with Gasteiger partial charge in [-0.15, -0.1) is 0 Å². The lowest BCUT2D eigenvalue weighted by Gasteiger charge is -1.99. The van der Waals surface area contributed by atoms with Gasteiger partial charge in [-0.25, -0.2) is 9.97 Å². The molecule has 0 amide bonds. The van der Waals surface area contributed by atoms with E-state index in [1.807, 2.05) is 36.4 Å². The Balaban J connectivity index is 1.54. The second-order valence-electron chi connectivity index (χ2n) is 5.53. The molecule has 0 radical (unpaired) electrons. The third-order valence-electron chi connectivity index (χ3n) is 4.00. The molecule has 0 saturated heterocycles. The third-order valence-corrected chi connectivity index (χ3v) is 4.00. The van der Waals surface area contributed by atoms with E-state index >= 15 is 0 Å². The van der Waals surface area contributed by atoms with Crippen LogP contribution in [-0.2, 0) is 0 Å². The van der Waals surface area contributed by atoms with Crippen LogP contribution in [0.3, 0.4) is 0 Å². The first kappa shape index (κ1) is 13.0. The molecule has 0 aliphatic heterocycles. The van der Waals surface area contributed by atoms with Crippen molar-refractivity contribution in [1.82, 2.24) is 29.9 Å². The first-order valence-corrected chi connectivity index (χ1v) is 7.57. The zero-order valence-corrected chi connectivity index (χ0v) is 12.6. The van der Waals surface area contributed by atoms with Gasteiger partial charge in [0.05, 0.1) is 34.5 Å². The Morgan fingerprint density at radius 3 is 1.46 bits per heavy atom. The van der Waals surface area contributed by atoms with Gasteiger partial charge in [-0.05, 0) is 12.1 Å². The molecular formula is C18H12N6. The molecule has 0 bridgehead atoms. The molecule has 0 aliphatic rings. The van der Waals surface area contributed by atoms with Crippen molar-refractivity contribution in [2.75, 3.05) is 0 Å². The molecule has 5 aromatic rings. The summed E-state index contributed by atoms with van der Waals surface area (Å²) in [7, 11) is 0. The van der Waals surface area contributed by atoms with Crippen molar-refractivity contribution in [2.45, 2.75) is 0 Å². The van der Waals surface area contributed by atoms with Crippen molar-refractivity contribution in [1.29, 1.82) is 0 Å². The summed E-state index contributed by atoms with van der Waals surface area (Å²) in [5.41, 5.74) is 5.73. The maximum absolute atomic E-state index is 4.59. The van der Waals surface area contributed by atoms with Crippen LogP contribution < -0.4 is 0 Å². The van der Waals surface area contributed by atoms with Gasteiger partial charge in [-0.3, -0.25) is 9.97 Å². The van der Waals surface area contributed by atoms with Crippen LogP contribution in [0.2, 0.25) is 0 Å². The van der Waals surface area contributed by atoms with Crippen LogP contribution in [0.25, 0.3) is 44.8 Å². The molecule has 0 saturated carbocycles. The first-order chi connectivity index (χ1) is 11.9. The van der Waals surface area contributed by atoms with Crippen molar-refractivity contribution in [2.24, 2.45) is 0 Å². The molecule has 0 atom stereocenters. The Labute approximate surface area is 136 Å². The molecule has 0 spiro atoms. The van der Waals surface area contributed by atoms with Gasteiger partial charge in [0, 0.05) is 23.5 Å². The van der Waals surface area contributed by atoms with Gasteiger partial charge in [-0.1, -0.05) is 24.3 Å². The van der Waals surface area contributed by atoms with E-state index in [1.165, 1.54) is 0 Å². The van der Waals surface area contributed by atoms with Gasteiger partial charge in [0.25, 0.3) is 0 Å². The van der Waals surface area contributed by atoms with Gasteiger partial charge >= 0.3 is 0 Å². The lowest BCUT2D eigenvalue weighted by atomic mass is 10.1. The second kappa shape index (κ2) is 4.99. The van der Waals surface area contributed by atoms with Crippen LogP contribution in [0.1, 0.15) is 0 Å². The quantitative estimate of drug-likeness (QED) is 0.522. The number of nitrogens with one attached hydrogen (secondary N) is 2. The highest BCUT2D eigenvalue weighted by atomic mass is 14.9. The zero-order chi connectivity index (χ0) is 15.9. The maximum atomic E-state index is 4.59. The molecular weight excluding hydrogens is 300 g/mol. The van der Waals surface area contributed by atoms with Crippen LogP contribution in [0.5, 0.6) is 0 Å². The Bertz CT molecular complexity index is 994. The lowest BCUT2D eigenvalue weighted by Crippen LogP contribution is -1.83. The molecule has 1 aromatic carbocycles. The van der Waals surface area contributed by atoms with Crippen molar-refractivity contribution in [3.63, 3.8) is 0 Å². The van der Waals surface area contributed by atoms with E-state index in [4.69, 9.17) is 0 Å². The summed E-state index contributed by atoms with van der Waals surface area (Å²) >= 11 is 0. The number of fused-ring (bicyclic) bond motifs is 2. The summed E-state index contributed by atoms with van der Waals surface area (Å²) in [6.07, 6.45) is 7.05. The van der Waals surface area contributed by atoms with E-state index in [0.717, 1.165) is 44.8 Å². The number of benzene rings is 1. The molecule has 4 heterocycles. The van der Waals surface area contributed by atoms with Crippen LogP contribution in [-0.4, -0.2) is 29.9 Å². The Morgan fingerprint density at radius 1 is 0.583 bits per heavy atom. The summed E-state index contributed by atoms with van der Waals surface area (Å²) in [6.45, 7) is 0. The summed E-state index contributed by atoms with van der Waals surface area (Å²) in [6, 6.07) is 11.9. The molecule has 24 heavy (non-hydrogen) atoms. The van der Waals surface area contributed by atoms with E-state index in [-0.39, 0.29) is 0 Å². The number of imidazole rings is 2. The maximum Gasteiger partial charge on any atom is 0.138 e. The number of aromatic amines is 2. The number of rotatable bonds is 2. The van der Waals surface area contributed by atoms with E-state index < -0.39 is 0 Å². The summed E-state index contributed by atoms with van der Waals surface area (Å²) in [5.74, 6) is 1.66. The third kappa shape index (κ3) is 2.04. The van der Waals surface area contributed by atoms with E-state index in [0.29, 0.717) is 0 Å². The highest BCUT2D eigenvalue weighted by Gasteiger charge is 2.08. The van der Waals surface area contributed by atoms with Gasteiger partial charge < -0.3 is 9.97 Å². The average Bonchev–Trinajstić information content (AvgIpc) is 3.25. The highest BCUT2D eigenvalue weighted by Crippen LogP contribution is 2.24. The monoisotopic (exact) mass is 312 g/mol. The fourth-order valence-electron chi connectivity index (χ4n) is 2.77. The molecule has 114 valence electrons. The topological polar surface area (TPSA) is 83.1 Å². The molecule has 6 heteroatoms. The Morgan fingerprint density at radius 2 is 1.04 bits per heavy atom. The fraction of sp³-hybridized carbons (Fsp3) is 0. The number of nitrogens with zero attached hydrogens (tertiary/aromatic N) is 4. The molecule has 0 unspecified atom stereocenters. The summed E-state index contributed by atoms with van der Waals surface area (Å²) in [4.78, 5) is 24.0. The largest absolute Gasteiger partial charge is 0.337 e. The number of H-pyrrole nitrogens is 2. The van der Waals surface area contributed by atoms with Crippen LogP contribution >= 0.6 is 0 Å². The van der Waals surface area contributed by atoms with E-state index in [9.17, 15) is 0 Å². The molecule has 6 nitrogen and oxygen atoms in total. The minimum absolute atomic E-state index is 0.832. The first-order valence-electron chi connectivity index (χ1n) is 7.57. The molecule has 0 aliphatic carbocycles. The predicted molar refractivity (Wildman–Crippen MR) is 92.2 cm³/mol. The molecule has 5 rings (SSSR count). The fourth-order valence-corrected chi connectivity index (χ4v) is 2.77. The summed E-state index contributed by atoms with van der Waals surface area (Å²) < 4.78 is 0. The smallest absolute Gasteiger partial charge is 0.138 e. The van der Waals surface area contributed by atoms with Crippen LogP contribution in [0, 0.1) is 0 Å². The van der Waals surface area contributed by atoms with Gasteiger partial charge in [0.1, 0.15) is 11.6 Å². The Hall–Kier alpha value is -3.54.